The summed E-state index contributed by atoms with van der Waals surface area (Å²) in [5, 5.41) is 0. The maximum absolute atomic E-state index is 12.6. The predicted octanol–water partition coefficient (Wildman–Crippen LogP) is 1.52. The number of nitrogen functional groups attached to an aromatic ring is 1. The molecule has 1 fully saturated rings. The lowest BCUT2D eigenvalue weighted by molar-refractivity contribution is -0.0637. The van der Waals surface area contributed by atoms with Crippen LogP contribution in [0.4, 0.5) is 5.82 Å². The van der Waals surface area contributed by atoms with Crippen molar-refractivity contribution in [3.8, 4) is 0 Å². The van der Waals surface area contributed by atoms with Crippen LogP contribution in [-0.4, -0.2) is 64.5 Å². The first-order valence-electron chi connectivity index (χ1n) is 12.0. The zero-order valence-electron chi connectivity index (χ0n) is 21.3. The molecule has 21 heteroatoms. The van der Waals surface area contributed by atoms with E-state index in [1.807, 2.05) is 24.3 Å². The van der Waals surface area contributed by atoms with Crippen molar-refractivity contribution in [3.05, 3.63) is 48.0 Å². The van der Waals surface area contributed by atoms with Crippen molar-refractivity contribution in [1.29, 1.82) is 0 Å². The monoisotopic (exact) mass is 638 g/mol. The summed E-state index contributed by atoms with van der Waals surface area (Å²) < 4.78 is 61.3. The molecule has 2 unspecified atom stereocenters. The third-order valence-corrected chi connectivity index (χ3v) is 9.67. The maximum atomic E-state index is 12.6. The van der Waals surface area contributed by atoms with Crippen molar-refractivity contribution in [2.75, 3.05) is 18.9 Å². The van der Waals surface area contributed by atoms with E-state index >= 15 is 0 Å². The number of imidazole rings is 1. The number of nitrogens with two attached hydrogens (primary N) is 2. The van der Waals surface area contributed by atoms with Crippen LogP contribution in [-0.2, 0) is 49.3 Å². The van der Waals surface area contributed by atoms with E-state index in [-0.39, 0.29) is 31.0 Å². The second kappa shape index (κ2) is 13.0. The molecule has 0 aliphatic carbocycles. The van der Waals surface area contributed by atoms with Gasteiger partial charge in [-0.15, -0.1) is 0 Å². The molecule has 1 saturated heterocycles. The Morgan fingerprint density at radius 1 is 1.00 bits per heavy atom. The Kier molecular flexibility index (Phi) is 10.1. The number of benzene rings is 1. The molecule has 18 nitrogen and oxygen atoms in total. The second-order valence-corrected chi connectivity index (χ2v) is 13.3. The lowest BCUT2D eigenvalue weighted by atomic mass is 10.1. The first kappa shape index (κ1) is 31.8. The maximum Gasteiger partial charge on any atom is 0.490 e. The number of hydrogen-bond acceptors (Lipinski definition) is 13. The number of ether oxygens (including phenoxy) is 2. The summed E-state index contributed by atoms with van der Waals surface area (Å²) in [6.07, 6.45) is 0.999. The highest BCUT2D eigenvalue weighted by atomic mass is 31.3. The van der Waals surface area contributed by atoms with Crippen LogP contribution in [0.1, 0.15) is 30.2 Å². The molecule has 1 aliphatic heterocycles. The summed E-state index contributed by atoms with van der Waals surface area (Å²) in [4.78, 5) is 49.3. The Morgan fingerprint density at radius 2 is 1.71 bits per heavy atom. The molecule has 0 saturated carbocycles. The van der Waals surface area contributed by atoms with Crippen LogP contribution < -0.4 is 11.5 Å². The van der Waals surface area contributed by atoms with Gasteiger partial charge >= 0.3 is 23.5 Å². The highest BCUT2D eigenvalue weighted by Crippen LogP contribution is 2.67. The minimum Gasteiger partial charge on any atom is -0.382 e. The van der Waals surface area contributed by atoms with E-state index in [2.05, 4.69) is 23.6 Å². The van der Waals surface area contributed by atoms with E-state index in [4.69, 9.17) is 35.3 Å². The number of phosphoric ester groups is 1. The van der Waals surface area contributed by atoms with Crippen LogP contribution in [0, 0.1) is 0 Å². The summed E-state index contributed by atoms with van der Waals surface area (Å²) in [7, 11) is -16.7. The van der Waals surface area contributed by atoms with Crippen molar-refractivity contribution in [1.82, 2.24) is 19.5 Å². The molecule has 0 radical (unpaired) electrons. The fourth-order valence-corrected chi connectivity index (χ4v) is 7.31. The van der Waals surface area contributed by atoms with Gasteiger partial charge in [0, 0.05) is 6.42 Å². The van der Waals surface area contributed by atoms with Crippen molar-refractivity contribution < 1.29 is 55.9 Å². The largest absolute Gasteiger partial charge is 0.490 e. The first-order valence-corrected chi connectivity index (χ1v) is 16.5. The highest BCUT2D eigenvalue weighted by molar-refractivity contribution is 7.66. The van der Waals surface area contributed by atoms with E-state index in [1.165, 1.54) is 17.2 Å². The Hall–Kier alpha value is -2.14. The molecule has 226 valence electrons. The van der Waals surface area contributed by atoms with Crippen LogP contribution >= 0.6 is 23.5 Å². The van der Waals surface area contributed by atoms with Gasteiger partial charge in [0.05, 0.1) is 19.5 Å². The van der Waals surface area contributed by atoms with Crippen LogP contribution in [0.25, 0.3) is 11.2 Å². The van der Waals surface area contributed by atoms with E-state index < -0.39 is 41.9 Å². The molecule has 5 atom stereocenters. The van der Waals surface area contributed by atoms with Gasteiger partial charge in [-0.3, -0.25) is 9.09 Å². The fraction of sp³-hybridized carbons (Fsp3) is 0.450. The van der Waals surface area contributed by atoms with Gasteiger partial charge in [0.1, 0.15) is 30.3 Å². The Labute approximate surface area is 233 Å². The number of nitrogens with zero attached hydrogens (tertiary/aromatic N) is 4. The topological polar surface area (TPSA) is 274 Å². The molecule has 4 rings (SSSR count). The molecular weight excluding hydrogens is 609 g/mol. The molecule has 0 bridgehead atoms. The number of phosphoric acid groups is 3. The average Bonchev–Trinajstić information content (AvgIpc) is 3.46. The van der Waals surface area contributed by atoms with Crippen molar-refractivity contribution in [3.63, 3.8) is 0 Å². The lowest BCUT2D eigenvalue weighted by Crippen LogP contribution is -2.28. The number of aryl methyl sites for hydroxylation is 1. The van der Waals surface area contributed by atoms with Gasteiger partial charge in [-0.2, -0.15) is 8.62 Å². The van der Waals surface area contributed by atoms with Crippen molar-refractivity contribution in [2.24, 2.45) is 5.73 Å². The average molecular weight is 638 g/mol. The molecule has 1 aliphatic rings. The highest BCUT2D eigenvalue weighted by Gasteiger charge is 2.46. The van der Waals surface area contributed by atoms with Gasteiger partial charge in [0.2, 0.25) is 0 Å². The third kappa shape index (κ3) is 8.92. The zero-order valence-corrected chi connectivity index (χ0v) is 24.0. The molecule has 2 aromatic heterocycles. The minimum atomic E-state index is -5.71. The van der Waals surface area contributed by atoms with Crippen LogP contribution in [0.15, 0.2) is 36.9 Å². The normalized spacial score (nSPS) is 22.5. The summed E-state index contributed by atoms with van der Waals surface area (Å²) in [5.41, 5.74) is 13.9. The summed E-state index contributed by atoms with van der Waals surface area (Å²) in [6, 6.07) is 7.67. The standard InChI is InChI=1S/C20H29N6O12P3/c21-7-1-2-13-3-5-14(6-4-13)9-34-10-16-15(36-40(30,31)38-41(32,33)37-39(27,28)29)8-17(35-16)26-12-25-18-19(22)23-11-24-20(18)26/h3-6,11-12,15-17H,1-2,7-10,21H2,(H,30,31)(H,32,33)(H2,22,23,24)(H2,27,28,29)/t15-,16+,17+/m0/s1. The molecule has 1 aromatic carbocycles. The third-order valence-electron chi connectivity index (χ3n) is 5.81. The Balaban J connectivity index is 1.48. The summed E-state index contributed by atoms with van der Waals surface area (Å²) in [6.45, 7) is 0.584. The molecular formula is C20H29N6O12P3. The summed E-state index contributed by atoms with van der Waals surface area (Å²) >= 11 is 0. The van der Waals surface area contributed by atoms with Gasteiger partial charge in [-0.1, -0.05) is 24.3 Å². The van der Waals surface area contributed by atoms with Gasteiger partial charge in [0.25, 0.3) is 0 Å². The second-order valence-electron chi connectivity index (χ2n) is 8.91. The number of rotatable bonds is 14. The van der Waals surface area contributed by atoms with Crippen molar-refractivity contribution in [2.45, 2.75) is 44.3 Å². The van der Waals surface area contributed by atoms with E-state index in [0.29, 0.717) is 12.2 Å². The van der Waals surface area contributed by atoms with Gasteiger partial charge in [0.15, 0.2) is 11.5 Å². The molecule has 3 aromatic rings. The number of anilines is 1. The van der Waals surface area contributed by atoms with Gasteiger partial charge < -0.3 is 40.5 Å². The van der Waals surface area contributed by atoms with E-state index in [0.717, 1.165) is 24.0 Å². The SMILES string of the molecule is NCCCc1ccc(COC[C@H]2O[C@@H](n3cnc4c(N)ncnc43)C[C@@H]2OP(=O)(O)OP(=O)(O)OP(=O)(O)O)cc1. The Bertz CT molecular complexity index is 1480. The smallest absolute Gasteiger partial charge is 0.382 e. The number of hydrogen-bond donors (Lipinski definition) is 6. The quantitative estimate of drug-likeness (QED) is 0.137. The Morgan fingerprint density at radius 3 is 2.39 bits per heavy atom. The van der Waals surface area contributed by atoms with Crippen molar-refractivity contribution >= 4 is 40.4 Å². The van der Waals surface area contributed by atoms with E-state index in [1.54, 1.807) is 0 Å². The molecule has 0 amide bonds. The minimum absolute atomic E-state index is 0.116. The molecule has 41 heavy (non-hydrogen) atoms. The number of aromatic nitrogens is 4. The van der Waals surface area contributed by atoms with E-state index in [9.17, 15) is 23.5 Å². The fourth-order valence-electron chi connectivity index (χ4n) is 4.08. The molecule has 8 N–H and O–H groups in total. The molecule has 0 spiro atoms. The van der Waals surface area contributed by atoms with Crippen LogP contribution in [0.5, 0.6) is 0 Å². The lowest BCUT2D eigenvalue weighted by Gasteiger charge is -2.22. The molecule has 3 heterocycles. The predicted molar refractivity (Wildman–Crippen MR) is 140 cm³/mol. The van der Waals surface area contributed by atoms with Gasteiger partial charge in [-0.05, 0) is 30.5 Å². The van der Waals surface area contributed by atoms with Gasteiger partial charge in [-0.25, -0.2) is 28.6 Å². The first-order chi connectivity index (χ1) is 19.3. The number of fused-ring (bicyclic) bond motifs is 1. The summed E-state index contributed by atoms with van der Waals surface area (Å²) in [5.74, 6) is 0.116. The van der Waals surface area contributed by atoms with Crippen LogP contribution in [0.2, 0.25) is 0 Å². The van der Waals surface area contributed by atoms with Crippen LogP contribution in [0.3, 0.4) is 0 Å². The zero-order chi connectivity index (χ0) is 29.8.